The maximum atomic E-state index is 12.4. The van der Waals surface area contributed by atoms with Crippen LogP contribution in [-0.2, 0) is 4.79 Å². The summed E-state index contributed by atoms with van der Waals surface area (Å²) in [5.74, 6) is 0.362. The van der Waals surface area contributed by atoms with Crippen molar-refractivity contribution in [2.24, 2.45) is 0 Å². The molecule has 0 atom stereocenters. The van der Waals surface area contributed by atoms with Crippen molar-refractivity contribution in [2.75, 3.05) is 19.0 Å². The third kappa shape index (κ3) is 5.47. The van der Waals surface area contributed by atoms with Gasteiger partial charge in [-0.2, -0.15) is 10.5 Å². The summed E-state index contributed by atoms with van der Waals surface area (Å²) in [5.41, 5.74) is 2.19. The number of rotatable bonds is 6. The lowest BCUT2D eigenvalue weighted by molar-refractivity contribution is -0.112. The molecule has 0 heterocycles. The minimum atomic E-state index is -0.498. The molecule has 0 aliphatic heterocycles. The van der Waals surface area contributed by atoms with Crippen molar-refractivity contribution in [2.45, 2.75) is 6.92 Å². The van der Waals surface area contributed by atoms with E-state index in [1.165, 1.54) is 13.2 Å². The number of hydrogen-bond donors (Lipinski definition) is 1. The zero-order valence-corrected chi connectivity index (χ0v) is 16.9. The number of methoxy groups -OCH3 is 1. The number of nitriles is 2. The lowest BCUT2D eigenvalue weighted by Crippen LogP contribution is -2.13. The first-order valence-electron chi connectivity index (χ1n) is 7.85. The van der Waals surface area contributed by atoms with Gasteiger partial charge in [-0.15, -0.1) is 0 Å². The second kappa shape index (κ2) is 9.60. The Bertz CT molecular complexity index is 971. The summed E-state index contributed by atoms with van der Waals surface area (Å²) in [4.78, 5) is 12.4. The monoisotopic (exact) mass is 473 g/mol. The van der Waals surface area contributed by atoms with Crippen molar-refractivity contribution in [1.29, 1.82) is 10.5 Å². The average molecular weight is 473 g/mol. The zero-order valence-electron chi connectivity index (χ0n) is 14.7. The minimum Gasteiger partial charge on any atom is -0.493 e. The van der Waals surface area contributed by atoms with Gasteiger partial charge in [-0.25, -0.2) is 0 Å². The average Bonchev–Trinajstić information content (AvgIpc) is 2.64. The topological polar surface area (TPSA) is 95.1 Å². The summed E-state index contributed by atoms with van der Waals surface area (Å²) in [6, 6.07) is 14.5. The molecule has 0 fully saturated rings. The molecule has 2 rings (SSSR count). The molecule has 0 spiro atoms. The first kappa shape index (κ1) is 20.3. The van der Waals surface area contributed by atoms with E-state index in [2.05, 4.69) is 5.32 Å². The van der Waals surface area contributed by atoms with Gasteiger partial charge in [0.2, 0.25) is 0 Å². The highest BCUT2D eigenvalue weighted by Gasteiger charge is 2.14. The van der Waals surface area contributed by atoms with Gasteiger partial charge in [0.25, 0.3) is 5.91 Å². The van der Waals surface area contributed by atoms with Crippen LogP contribution in [0.25, 0.3) is 6.08 Å². The summed E-state index contributed by atoms with van der Waals surface area (Å²) in [6.45, 7) is 1.81. The number of ether oxygens (including phenoxy) is 2. The fourth-order valence-electron chi connectivity index (χ4n) is 2.30. The Balaban J connectivity index is 2.31. The Morgan fingerprint density at radius 1 is 1.30 bits per heavy atom. The van der Waals surface area contributed by atoms with Gasteiger partial charge in [-0.1, -0.05) is 12.1 Å². The van der Waals surface area contributed by atoms with Crippen molar-refractivity contribution < 1.29 is 14.3 Å². The number of hydrogen-bond acceptors (Lipinski definition) is 5. The number of benzene rings is 2. The highest BCUT2D eigenvalue weighted by molar-refractivity contribution is 14.1. The Morgan fingerprint density at radius 3 is 2.70 bits per heavy atom. The highest BCUT2D eigenvalue weighted by Crippen LogP contribution is 2.34. The van der Waals surface area contributed by atoms with Gasteiger partial charge in [0.1, 0.15) is 17.7 Å². The van der Waals surface area contributed by atoms with E-state index >= 15 is 0 Å². The predicted octanol–water partition coefficient (Wildman–Crippen LogP) is 4.06. The third-order valence-electron chi connectivity index (χ3n) is 3.48. The summed E-state index contributed by atoms with van der Waals surface area (Å²) in [7, 11) is 1.48. The van der Waals surface area contributed by atoms with Crippen LogP contribution in [0.1, 0.15) is 11.1 Å². The largest absolute Gasteiger partial charge is 0.493 e. The fourth-order valence-corrected chi connectivity index (χ4v) is 3.09. The molecule has 1 amide bonds. The van der Waals surface area contributed by atoms with Gasteiger partial charge in [0, 0.05) is 5.69 Å². The van der Waals surface area contributed by atoms with E-state index in [4.69, 9.17) is 14.7 Å². The van der Waals surface area contributed by atoms with E-state index in [0.29, 0.717) is 26.3 Å². The number of nitrogens with one attached hydrogen (secondary N) is 1. The first-order chi connectivity index (χ1) is 13.0. The first-order valence-corrected chi connectivity index (χ1v) is 8.93. The van der Waals surface area contributed by atoms with E-state index in [9.17, 15) is 10.1 Å². The summed E-state index contributed by atoms with van der Waals surface area (Å²) in [5, 5.41) is 20.8. The normalized spacial score (nSPS) is 10.5. The van der Waals surface area contributed by atoms with E-state index < -0.39 is 5.91 Å². The number of nitrogens with zero attached hydrogens (tertiary/aromatic N) is 2. The standard InChI is InChI=1S/C20H16IN3O3/c1-13-4-3-5-16(8-13)24-20(25)15(12-23)9-14-10-17(21)19(27-7-6-22)18(11-14)26-2/h3-5,8-11H,7H2,1-2H3,(H,24,25)/b15-9-. The second-order valence-corrected chi connectivity index (χ2v) is 6.64. The van der Waals surface area contributed by atoms with Gasteiger partial charge in [0.05, 0.1) is 10.7 Å². The molecule has 136 valence electrons. The molecule has 2 aromatic carbocycles. The van der Waals surface area contributed by atoms with Crippen LogP contribution in [0.3, 0.4) is 0 Å². The molecule has 2 aromatic rings. The SMILES string of the molecule is COc1cc(/C=C(/C#N)C(=O)Nc2cccc(C)c2)cc(I)c1OCC#N. The Morgan fingerprint density at radius 2 is 2.07 bits per heavy atom. The summed E-state index contributed by atoms with van der Waals surface area (Å²) in [6.07, 6.45) is 1.48. The summed E-state index contributed by atoms with van der Waals surface area (Å²) >= 11 is 2.05. The Labute approximate surface area is 171 Å². The number of carbonyl (C=O) groups excluding carboxylic acids is 1. The molecule has 1 N–H and O–H groups in total. The van der Waals surface area contributed by atoms with E-state index in [1.54, 1.807) is 18.2 Å². The van der Waals surface area contributed by atoms with Gasteiger partial charge < -0.3 is 14.8 Å². The molecule has 6 nitrogen and oxygen atoms in total. The molecule has 0 saturated carbocycles. The molecule has 0 saturated heterocycles. The molecule has 0 aliphatic carbocycles. The van der Waals surface area contributed by atoms with Crippen molar-refractivity contribution in [1.82, 2.24) is 0 Å². The lowest BCUT2D eigenvalue weighted by atomic mass is 10.1. The fraction of sp³-hybridized carbons (Fsp3) is 0.150. The van der Waals surface area contributed by atoms with E-state index in [-0.39, 0.29) is 12.2 Å². The van der Waals surface area contributed by atoms with Crippen molar-refractivity contribution in [3.8, 4) is 23.6 Å². The number of aryl methyl sites for hydroxylation is 1. The van der Waals surface area contributed by atoms with Gasteiger partial charge in [-0.05, 0) is 71.0 Å². The second-order valence-electron chi connectivity index (χ2n) is 5.47. The van der Waals surface area contributed by atoms with Crippen LogP contribution in [-0.4, -0.2) is 19.6 Å². The quantitative estimate of drug-likeness (QED) is 0.388. The molecule has 0 bridgehead atoms. The molecular formula is C20H16IN3O3. The molecule has 0 aromatic heterocycles. The highest BCUT2D eigenvalue weighted by atomic mass is 127. The third-order valence-corrected chi connectivity index (χ3v) is 4.29. The Kier molecular flexibility index (Phi) is 7.21. The minimum absolute atomic E-state index is 0.0416. The predicted molar refractivity (Wildman–Crippen MR) is 110 cm³/mol. The zero-order chi connectivity index (χ0) is 19.8. The van der Waals surface area contributed by atoms with Crippen LogP contribution in [0.4, 0.5) is 5.69 Å². The van der Waals surface area contributed by atoms with E-state index in [0.717, 1.165) is 5.56 Å². The molecule has 0 radical (unpaired) electrons. The van der Waals surface area contributed by atoms with Crippen LogP contribution in [0.15, 0.2) is 42.0 Å². The van der Waals surface area contributed by atoms with Crippen molar-refractivity contribution >= 4 is 40.3 Å². The van der Waals surface area contributed by atoms with E-state index in [1.807, 2.05) is 59.9 Å². The van der Waals surface area contributed by atoms with Crippen LogP contribution >= 0.6 is 22.6 Å². The number of carbonyl (C=O) groups is 1. The maximum absolute atomic E-state index is 12.4. The molecule has 0 aliphatic rings. The van der Waals surface area contributed by atoms with Gasteiger partial charge >= 0.3 is 0 Å². The van der Waals surface area contributed by atoms with Crippen LogP contribution in [0, 0.1) is 33.2 Å². The summed E-state index contributed by atoms with van der Waals surface area (Å²) < 4.78 is 11.4. The number of amides is 1. The lowest BCUT2D eigenvalue weighted by Gasteiger charge is -2.12. The molecule has 7 heteroatoms. The number of anilines is 1. The maximum Gasteiger partial charge on any atom is 0.266 e. The van der Waals surface area contributed by atoms with Crippen LogP contribution < -0.4 is 14.8 Å². The number of halogens is 1. The van der Waals surface area contributed by atoms with Crippen LogP contribution in [0.2, 0.25) is 0 Å². The smallest absolute Gasteiger partial charge is 0.266 e. The van der Waals surface area contributed by atoms with Crippen molar-refractivity contribution in [3.05, 3.63) is 56.7 Å². The van der Waals surface area contributed by atoms with Gasteiger partial charge in [-0.3, -0.25) is 4.79 Å². The molecular weight excluding hydrogens is 457 g/mol. The van der Waals surface area contributed by atoms with Crippen molar-refractivity contribution in [3.63, 3.8) is 0 Å². The van der Waals surface area contributed by atoms with Gasteiger partial charge in [0.15, 0.2) is 18.1 Å². The van der Waals surface area contributed by atoms with Crippen LogP contribution in [0.5, 0.6) is 11.5 Å². The molecule has 0 unspecified atom stereocenters. The molecule has 27 heavy (non-hydrogen) atoms. The Hall–Kier alpha value is -3.04.